The number of amides is 1. The number of benzene rings is 1. The van der Waals surface area contributed by atoms with Crippen molar-refractivity contribution in [3.8, 4) is 0 Å². The highest BCUT2D eigenvalue weighted by Gasteiger charge is 2.12. The largest absolute Gasteiger partial charge is 0.370 e. The summed E-state index contributed by atoms with van der Waals surface area (Å²) in [6.45, 7) is 2.86. The van der Waals surface area contributed by atoms with Gasteiger partial charge in [0.25, 0.3) is 5.91 Å². The molecule has 0 aliphatic carbocycles. The highest BCUT2D eigenvalue weighted by atomic mass is 35.5. The lowest BCUT2D eigenvalue weighted by molar-refractivity contribution is 0.102. The fraction of sp³-hybridized carbons (Fsp3) is 0.200. The van der Waals surface area contributed by atoms with Crippen LogP contribution >= 0.6 is 23.2 Å². The van der Waals surface area contributed by atoms with Gasteiger partial charge in [0.05, 0.1) is 15.7 Å². The van der Waals surface area contributed by atoms with Crippen molar-refractivity contribution >= 4 is 40.6 Å². The lowest BCUT2D eigenvalue weighted by atomic mass is 10.3. The van der Waals surface area contributed by atoms with Crippen LogP contribution in [-0.2, 0) is 0 Å². The number of carbonyl (C=O) groups is 1. The quantitative estimate of drug-likeness (QED) is 0.853. The lowest BCUT2D eigenvalue weighted by Gasteiger charge is -2.10. The zero-order valence-electron chi connectivity index (χ0n) is 11.5. The Hall–Kier alpha value is -1.78. The Kier molecular flexibility index (Phi) is 5.42. The van der Waals surface area contributed by atoms with Gasteiger partial charge in [-0.05, 0) is 30.7 Å². The molecule has 1 amide bonds. The summed E-state index contributed by atoms with van der Waals surface area (Å²) >= 11 is 12.1. The second-order valence-corrected chi connectivity index (χ2v) is 5.20. The number of hydrogen-bond acceptors (Lipinski definition) is 3. The van der Waals surface area contributed by atoms with Crippen LogP contribution in [0.25, 0.3) is 0 Å². The predicted molar refractivity (Wildman–Crippen MR) is 87.4 cm³/mol. The number of nitrogens with one attached hydrogen (secondary N) is 2. The number of hydrogen-bond donors (Lipinski definition) is 2. The maximum absolute atomic E-state index is 12.2. The molecule has 0 spiro atoms. The number of aromatic nitrogens is 1. The molecule has 6 heteroatoms. The van der Waals surface area contributed by atoms with Gasteiger partial charge >= 0.3 is 0 Å². The van der Waals surface area contributed by atoms with E-state index in [-0.39, 0.29) is 5.91 Å². The summed E-state index contributed by atoms with van der Waals surface area (Å²) in [4.78, 5) is 16.5. The topological polar surface area (TPSA) is 54.0 Å². The van der Waals surface area contributed by atoms with Gasteiger partial charge in [0.15, 0.2) is 0 Å². The minimum Gasteiger partial charge on any atom is -0.370 e. The third-order valence-electron chi connectivity index (χ3n) is 2.74. The number of anilines is 2. The highest BCUT2D eigenvalue weighted by molar-refractivity contribution is 6.39. The van der Waals surface area contributed by atoms with E-state index in [9.17, 15) is 4.79 Å². The zero-order chi connectivity index (χ0) is 15.2. The average Bonchev–Trinajstić information content (AvgIpc) is 2.49. The highest BCUT2D eigenvalue weighted by Crippen LogP contribution is 2.30. The monoisotopic (exact) mass is 323 g/mol. The summed E-state index contributed by atoms with van der Waals surface area (Å²) in [5, 5.41) is 6.59. The molecular formula is C15H15Cl2N3O. The van der Waals surface area contributed by atoms with Gasteiger partial charge in [-0.2, -0.15) is 0 Å². The van der Waals surface area contributed by atoms with Gasteiger partial charge in [0.1, 0.15) is 11.5 Å². The van der Waals surface area contributed by atoms with Gasteiger partial charge in [-0.25, -0.2) is 4.98 Å². The van der Waals surface area contributed by atoms with Crippen LogP contribution in [0.5, 0.6) is 0 Å². The molecule has 0 bridgehead atoms. The Morgan fingerprint density at radius 1 is 1.14 bits per heavy atom. The van der Waals surface area contributed by atoms with Crippen LogP contribution in [0.15, 0.2) is 36.4 Å². The minimum atomic E-state index is -0.356. The van der Waals surface area contributed by atoms with E-state index in [1.165, 1.54) is 0 Å². The van der Waals surface area contributed by atoms with Crippen molar-refractivity contribution in [1.82, 2.24) is 4.98 Å². The Labute approximate surface area is 133 Å². The molecule has 0 atom stereocenters. The average molecular weight is 324 g/mol. The Morgan fingerprint density at radius 3 is 2.48 bits per heavy atom. The Morgan fingerprint density at radius 2 is 1.81 bits per heavy atom. The molecule has 1 heterocycles. The number of carbonyl (C=O) groups excluding carboxylic acids is 1. The molecule has 0 unspecified atom stereocenters. The van der Waals surface area contributed by atoms with E-state index in [4.69, 9.17) is 23.2 Å². The first-order valence-corrected chi connectivity index (χ1v) is 7.33. The molecule has 2 N–H and O–H groups in total. The molecule has 0 saturated heterocycles. The van der Waals surface area contributed by atoms with Crippen molar-refractivity contribution in [2.75, 3.05) is 17.2 Å². The van der Waals surface area contributed by atoms with Crippen LogP contribution in [-0.4, -0.2) is 17.4 Å². The molecule has 2 rings (SSSR count). The van der Waals surface area contributed by atoms with Crippen molar-refractivity contribution in [1.29, 1.82) is 0 Å². The Balaban J connectivity index is 2.17. The molecular weight excluding hydrogens is 309 g/mol. The number of para-hydroxylation sites is 1. The summed E-state index contributed by atoms with van der Waals surface area (Å²) in [6, 6.07) is 10.3. The van der Waals surface area contributed by atoms with E-state index >= 15 is 0 Å². The molecule has 1 aromatic heterocycles. The van der Waals surface area contributed by atoms with Crippen LogP contribution in [0.4, 0.5) is 11.5 Å². The van der Waals surface area contributed by atoms with Gasteiger partial charge in [-0.15, -0.1) is 0 Å². The molecule has 0 aliphatic heterocycles. The lowest BCUT2D eigenvalue weighted by Crippen LogP contribution is -2.15. The van der Waals surface area contributed by atoms with Gasteiger partial charge in [0.2, 0.25) is 0 Å². The Bertz CT molecular complexity index is 626. The van der Waals surface area contributed by atoms with Crippen molar-refractivity contribution in [2.45, 2.75) is 13.3 Å². The molecule has 0 fully saturated rings. The maximum Gasteiger partial charge on any atom is 0.274 e. The van der Waals surface area contributed by atoms with Crippen LogP contribution in [0.2, 0.25) is 10.0 Å². The van der Waals surface area contributed by atoms with E-state index in [2.05, 4.69) is 22.5 Å². The number of rotatable bonds is 5. The van der Waals surface area contributed by atoms with Crippen LogP contribution < -0.4 is 10.6 Å². The molecule has 4 nitrogen and oxygen atoms in total. The van der Waals surface area contributed by atoms with Crippen molar-refractivity contribution in [3.63, 3.8) is 0 Å². The maximum atomic E-state index is 12.2. The smallest absolute Gasteiger partial charge is 0.274 e. The molecule has 0 saturated carbocycles. The zero-order valence-corrected chi connectivity index (χ0v) is 13.0. The summed E-state index contributed by atoms with van der Waals surface area (Å²) in [7, 11) is 0. The van der Waals surface area contributed by atoms with E-state index in [1.807, 2.05) is 6.07 Å². The van der Waals surface area contributed by atoms with E-state index in [0.29, 0.717) is 27.2 Å². The van der Waals surface area contributed by atoms with Gasteiger partial charge in [0, 0.05) is 6.54 Å². The molecule has 21 heavy (non-hydrogen) atoms. The number of halogens is 2. The molecule has 0 radical (unpaired) electrons. The summed E-state index contributed by atoms with van der Waals surface area (Å²) in [6.07, 6.45) is 0.979. The second-order valence-electron chi connectivity index (χ2n) is 4.39. The fourth-order valence-corrected chi connectivity index (χ4v) is 2.20. The number of nitrogens with zero attached hydrogens (tertiary/aromatic N) is 1. The van der Waals surface area contributed by atoms with Crippen LogP contribution in [0.1, 0.15) is 23.8 Å². The van der Waals surface area contributed by atoms with Crippen LogP contribution in [0.3, 0.4) is 0 Å². The first kappa shape index (κ1) is 15.6. The first-order chi connectivity index (χ1) is 10.1. The normalized spacial score (nSPS) is 10.2. The van der Waals surface area contributed by atoms with E-state index < -0.39 is 0 Å². The molecule has 2 aromatic rings. The summed E-state index contributed by atoms with van der Waals surface area (Å²) < 4.78 is 0. The summed E-state index contributed by atoms with van der Waals surface area (Å²) in [5.74, 6) is 0.305. The predicted octanol–water partition coefficient (Wildman–Crippen LogP) is 4.46. The number of pyridine rings is 1. The van der Waals surface area contributed by atoms with E-state index in [0.717, 1.165) is 13.0 Å². The standard InChI is InChI=1S/C15H15Cl2N3O/c1-2-9-18-13-8-4-7-12(19-13)15(21)20-14-10(16)5-3-6-11(14)17/h3-8H,2,9H2,1H3,(H,18,19)(H,20,21). The van der Waals surface area contributed by atoms with Gasteiger partial charge in [-0.3, -0.25) is 4.79 Å². The minimum absolute atomic E-state index is 0.298. The molecule has 110 valence electrons. The molecule has 0 aliphatic rings. The SMILES string of the molecule is CCCNc1cccc(C(=O)Nc2c(Cl)cccc2Cl)n1. The van der Waals surface area contributed by atoms with Crippen molar-refractivity contribution in [3.05, 3.63) is 52.1 Å². The van der Waals surface area contributed by atoms with E-state index in [1.54, 1.807) is 30.3 Å². The molecule has 1 aromatic carbocycles. The first-order valence-electron chi connectivity index (χ1n) is 6.58. The van der Waals surface area contributed by atoms with Gasteiger partial charge in [-0.1, -0.05) is 42.3 Å². The second kappa shape index (κ2) is 7.29. The van der Waals surface area contributed by atoms with Crippen molar-refractivity contribution in [2.24, 2.45) is 0 Å². The van der Waals surface area contributed by atoms with Crippen LogP contribution in [0, 0.1) is 0 Å². The van der Waals surface area contributed by atoms with Gasteiger partial charge < -0.3 is 10.6 Å². The van der Waals surface area contributed by atoms with Crippen molar-refractivity contribution < 1.29 is 4.79 Å². The third kappa shape index (κ3) is 4.09. The summed E-state index contributed by atoms with van der Waals surface area (Å²) in [5.41, 5.74) is 0.687. The fourth-order valence-electron chi connectivity index (χ4n) is 1.71. The third-order valence-corrected chi connectivity index (χ3v) is 3.37.